The van der Waals surface area contributed by atoms with E-state index in [2.05, 4.69) is 29.6 Å². The third kappa shape index (κ3) is 3.88. The van der Waals surface area contributed by atoms with Gasteiger partial charge < -0.3 is 19.7 Å². The highest BCUT2D eigenvalue weighted by atomic mass is 16.5. The maximum atomic E-state index is 12.4. The SMILES string of the molecule is COc1ccc(NC(=O)CN(C)c2ccc3ccccc3c2)c(OC)c1. The molecule has 0 bridgehead atoms. The zero-order valence-electron chi connectivity index (χ0n) is 15.2. The van der Waals surface area contributed by atoms with Crippen molar-refractivity contribution in [2.75, 3.05) is 38.0 Å². The standard InChI is InChI=1S/C21H22N2O3/c1-23(17-9-8-15-6-4-5-7-16(15)12-17)14-21(24)22-19-11-10-18(25-2)13-20(19)26-3/h4-13H,14H2,1-3H3,(H,22,24). The summed E-state index contributed by atoms with van der Waals surface area (Å²) in [6.45, 7) is 0.230. The lowest BCUT2D eigenvalue weighted by molar-refractivity contribution is -0.114. The quantitative estimate of drug-likeness (QED) is 0.732. The van der Waals surface area contributed by atoms with Crippen molar-refractivity contribution >= 4 is 28.1 Å². The van der Waals surface area contributed by atoms with Gasteiger partial charge in [-0.25, -0.2) is 0 Å². The number of benzene rings is 3. The van der Waals surface area contributed by atoms with Crippen LogP contribution in [-0.2, 0) is 4.79 Å². The zero-order chi connectivity index (χ0) is 18.5. The summed E-state index contributed by atoms with van der Waals surface area (Å²) < 4.78 is 10.5. The number of nitrogens with zero attached hydrogens (tertiary/aromatic N) is 1. The van der Waals surface area contributed by atoms with E-state index in [1.807, 2.05) is 30.1 Å². The van der Waals surface area contributed by atoms with Gasteiger partial charge in [0.2, 0.25) is 5.91 Å². The first-order valence-electron chi connectivity index (χ1n) is 8.32. The molecule has 1 amide bonds. The number of fused-ring (bicyclic) bond motifs is 1. The minimum absolute atomic E-state index is 0.121. The molecule has 0 fully saturated rings. The molecule has 0 atom stereocenters. The van der Waals surface area contributed by atoms with Crippen molar-refractivity contribution in [2.24, 2.45) is 0 Å². The first-order chi connectivity index (χ1) is 12.6. The van der Waals surface area contributed by atoms with Crippen LogP contribution in [0.15, 0.2) is 60.7 Å². The van der Waals surface area contributed by atoms with E-state index < -0.39 is 0 Å². The second-order valence-corrected chi connectivity index (χ2v) is 6.00. The summed E-state index contributed by atoms with van der Waals surface area (Å²) in [6, 6.07) is 19.6. The van der Waals surface area contributed by atoms with E-state index in [9.17, 15) is 4.79 Å². The summed E-state index contributed by atoms with van der Waals surface area (Å²) in [6.07, 6.45) is 0. The molecule has 5 heteroatoms. The number of ether oxygens (including phenoxy) is 2. The van der Waals surface area contributed by atoms with E-state index in [0.717, 1.165) is 11.1 Å². The molecule has 0 heterocycles. The van der Waals surface area contributed by atoms with E-state index in [1.54, 1.807) is 32.4 Å². The molecular formula is C21H22N2O3. The molecule has 0 aliphatic carbocycles. The normalized spacial score (nSPS) is 10.4. The summed E-state index contributed by atoms with van der Waals surface area (Å²) in [5.74, 6) is 1.11. The van der Waals surface area contributed by atoms with Gasteiger partial charge in [0.25, 0.3) is 0 Å². The second-order valence-electron chi connectivity index (χ2n) is 6.00. The van der Waals surface area contributed by atoms with Gasteiger partial charge in [-0.2, -0.15) is 0 Å². The second kappa shape index (κ2) is 7.78. The fourth-order valence-corrected chi connectivity index (χ4v) is 2.81. The number of hydrogen-bond acceptors (Lipinski definition) is 4. The van der Waals surface area contributed by atoms with Crippen molar-refractivity contribution in [2.45, 2.75) is 0 Å². The zero-order valence-corrected chi connectivity index (χ0v) is 15.2. The molecule has 0 saturated heterocycles. The third-order valence-corrected chi connectivity index (χ3v) is 4.24. The Morgan fingerprint density at radius 3 is 2.46 bits per heavy atom. The van der Waals surface area contributed by atoms with Gasteiger partial charge in [0.05, 0.1) is 26.5 Å². The molecule has 0 aromatic heterocycles. The highest BCUT2D eigenvalue weighted by Gasteiger charge is 2.12. The van der Waals surface area contributed by atoms with Crippen LogP contribution in [0.5, 0.6) is 11.5 Å². The maximum Gasteiger partial charge on any atom is 0.243 e. The van der Waals surface area contributed by atoms with Crippen LogP contribution in [0.2, 0.25) is 0 Å². The Hall–Kier alpha value is -3.21. The van der Waals surface area contributed by atoms with Crippen molar-refractivity contribution in [3.05, 3.63) is 60.7 Å². The van der Waals surface area contributed by atoms with Crippen LogP contribution in [0, 0.1) is 0 Å². The topological polar surface area (TPSA) is 50.8 Å². The van der Waals surface area contributed by atoms with Gasteiger partial charge in [-0.15, -0.1) is 0 Å². The molecule has 3 aromatic carbocycles. The largest absolute Gasteiger partial charge is 0.497 e. The van der Waals surface area contributed by atoms with E-state index in [4.69, 9.17) is 9.47 Å². The van der Waals surface area contributed by atoms with Gasteiger partial charge in [0.15, 0.2) is 0 Å². The Morgan fingerprint density at radius 1 is 0.962 bits per heavy atom. The van der Waals surface area contributed by atoms with E-state index in [0.29, 0.717) is 17.2 Å². The Kier molecular flexibility index (Phi) is 5.27. The number of rotatable bonds is 6. The van der Waals surface area contributed by atoms with Crippen LogP contribution in [0.4, 0.5) is 11.4 Å². The molecule has 0 saturated carbocycles. The molecule has 3 rings (SSSR count). The van der Waals surface area contributed by atoms with Crippen molar-refractivity contribution in [3.63, 3.8) is 0 Å². The molecule has 3 aromatic rings. The average molecular weight is 350 g/mol. The van der Waals surface area contributed by atoms with Crippen molar-refractivity contribution < 1.29 is 14.3 Å². The van der Waals surface area contributed by atoms with Crippen LogP contribution < -0.4 is 19.7 Å². The molecule has 0 unspecified atom stereocenters. The molecule has 0 spiro atoms. The number of hydrogen-bond donors (Lipinski definition) is 1. The molecule has 0 aliphatic heterocycles. The van der Waals surface area contributed by atoms with Crippen LogP contribution >= 0.6 is 0 Å². The summed E-state index contributed by atoms with van der Waals surface area (Å²) in [4.78, 5) is 14.4. The van der Waals surface area contributed by atoms with Crippen LogP contribution in [-0.4, -0.2) is 33.7 Å². The lowest BCUT2D eigenvalue weighted by atomic mass is 10.1. The van der Waals surface area contributed by atoms with Crippen molar-refractivity contribution in [3.8, 4) is 11.5 Å². The smallest absolute Gasteiger partial charge is 0.243 e. The number of methoxy groups -OCH3 is 2. The lowest BCUT2D eigenvalue weighted by Gasteiger charge is -2.20. The number of anilines is 2. The Labute approximate surface area is 153 Å². The van der Waals surface area contributed by atoms with Gasteiger partial charge in [0.1, 0.15) is 11.5 Å². The fraction of sp³-hybridized carbons (Fsp3) is 0.190. The number of amides is 1. The van der Waals surface area contributed by atoms with Crippen LogP contribution in [0.1, 0.15) is 0 Å². The van der Waals surface area contributed by atoms with Gasteiger partial charge in [-0.1, -0.05) is 30.3 Å². The number of likely N-dealkylation sites (N-methyl/N-ethyl adjacent to an activating group) is 1. The Balaban J connectivity index is 1.70. The fourth-order valence-electron chi connectivity index (χ4n) is 2.81. The molecule has 0 radical (unpaired) electrons. The lowest BCUT2D eigenvalue weighted by Crippen LogP contribution is -2.30. The van der Waals surface area contributed by atoms with Gasteiger partial charge in [-0.05, 0) is 35.0 Å². The molecule has 26 heavy (non-hydrogen) atoms. The van der Waals surface area contributed by atoms with E-state index in [1.165, 1.54) is 5.39 Å². The summed E-state index contributed by atoms with van der Waals surface area (Å²) in [5.41, 5.74) is 1.60. The number of nitrogens with one attached hydrogen (secondary N) is 1. The molecule has 134 valence electrons. The summed E-state index contributed by atoms with van der Waals surface area (Å²) >= 11 is 0. The van der Waals surface area contributed by atoms with Crippen molar-refractivity contribution in [1.82, 2.24) is 0 Å². The highest BCUT2D eigenvalue weighted by molar-refractivity contribution is 5.96. The third-order valence-electron chi connectivity index (χ3n) is 4.24. The molecule has 5 nitrogen and oxygen atoms in total. The summed E-state index contributed by atoms with van der Waals surface area (Å²) in [7, 11) is 5.05. The minimum atomic E-state index is -0.121. The predicted molar refractivity (Wildman–Crippen MR) is 105 cm³/mol. The van der Waals surface area contributed by atoms with Gasteiger partial charge >= 0.3 is 0 Å². The Bertz CT molecular complexity index is 924. The van der Waals surface area contributed by atoms with E-state index >= 15 is 0 Å². The molecule has 1 N–H and O–H groups in total. The minimum Gasteiger partial charge on any atom is -0.497 e. The van der Waals surface area contributed by atoms with Crippen LogP contribution in [0.3, 0.4) is 0 Å². The summed E-state index contributed by atoms with van der Waals surface area (Å²) in [5, 5.41) is 5.21. The maximum absolute atomic E-state index is 12.4. The molecule has 0 aliphatic rings. The first-order valence-corrected chi connectivity index (χ1v) is 8.32. The average Bonchev–Trinajstić information content (AvgIpc) is 2.67. The molecular weight excluding hydrogens is 328 g/mol. The number of carbonyl (C=O) groups is 1. The van der Waals surface area contributed by atoms with Gasteiger partial charge in [-0.3, -0.25) is 4.79 Å². The van der Waals surface area contributed by atoms with Crippen molar-refractivity contribution in [1.29, 1.82) is 0 Å². The van der Waals surface area contributed by atoms with Crippen LogP contribution in [0.25, 0.3) is 10.8 Å². The predicted octanol–water partition coefficient (Wildman–Crippen LogP) is 3.93. The van der Waals surface area contributed by atoms with Gasteiger partial charge in [0, 0.05) is 18.8 Å². The number of carbonyl (C=O) groups excluding carboxylic acids is 1. The monoisotopic (exact) mass is 350 g/mol. The highest BCUT2D eigenvalue weighted by Crippen LogP contribution is 2.29. The first kappa shape index (κ1) is 17.6. The van der Waals surface area contributed by atoms with E-state index in [-0.39, 0.29) is 12.5 Å². The Morgan fingerprint density at radius 2 is 1.73 bits per heavy atom.